The minimum absolute atomic E-state index is 0.00182. The topological polar surface area (TPSA) is 69.7 Å². The molecule has 6 heteroatoms. The first-order valence-electron chi connectivity index (χ1n) is 13.0. The smallest absolute Gasteiger partial charge is 0.333 e. The Labute approximate surface area is 225 Å². The zero-order valence-electron chi connectivity index (χ0n) is 21.1. The molecule has 38 heavy (non-hydrogen) atoms. The summed E-state index contributed by atoms with van der Waals surface area (Å²) in [6, 6.07) is 28.3. The highest BCUT2D eigenvalue weighted by atomic mass is 32.2. The number of rotatable bonds is 7. The first kappa shape index (κ1) is 24.7. The van der Waals surface area contributed by atoms with E-state index in [1.807, 2.05) is 60.7 Å². The summed E-state index contributed by atoms with van der Waals surface area (Å²) in [6.45, 7) is 5.28. The maximum atomic E-state index is 13.4. The number of esters is 2. The zero-order chi connectivity index (χ0) is 26.4. The second-order valence-corrected chi connectivity index (χ2v) is 12.5. The summed E-state index contributed by atoms with van der Waals surface area (Å²) in [5, 5.41) is 0. The predicted octanol–water partition coefficient (Wildman–Crippen LogP) is 5.65. The van der Waals surface area contributed by atoms with Crippen LogP contribution >= 0.6 is 0 Å². The van der Waals surface area contributed by atoms with E-state index in [1.54, 1.807) is 6.92 Å². The number of fused-ring (bicyclic) bond motifs is 1. The lowest BCUT2D eigenvalue weighted by Gasteiger charge is -2.32. The van der Waals surface area contributed by atoms with Gasteiger partial charge in [0.05, 0.1) is 16.8 Å². The molecule has 0 aromatic heterocycles. The highest BCUT2D eigenvalue weighted by Gasteiger charge is 2.68. The average molecular weight is 526 g/mol. The van der Waals surface area contributed by atoms with Crippen molar-refractivity contribution in [3.05, 3.63) is 97.1 Å². The highest BCUT2D eigenvalue weighted by molar-refractivity contribution is 7.97. The minimum Gasteiger partial charge on any atom is -0.458 e. The molecule has 3 saturated carbocycles. The van der Waals surface area contributed by atoms with Gasteiger partial charge < -0.3 is 9.47 Å². The number of benzene rings is 3. The number of hydrogen-bond donors (Lipinski definition) is 0. The molecule has 6 atom stereocenters. The van der Waals surface area contributed by atoms with E-state index in [4.69, 9.17) is 9.47 Å². The molecular formula is C32H29O5S+. The third-order valence-corrected chi connectivity index (χ3v) is 10.4. The fourth-order valence-electron chi connectivity index (χ4n) is 6.63. The van der Waals surface area contributed by atoms with E-state index in [-0.39, 0.29) is 40.3 Å². The normalized spacial score (nSPS) is 26.9. The van der Waals surface area contributed by atoms with Crippen LogP contribution in [0.25, 0.3) is 0 Å². The van der Waals surface area contributed by atoms with Crippen LogP contribution < -0.4 is 4.74 Å². The van der Waals surface area contributed by atoms with E-state index < -0.39 is 24.0 Å². The number of ether oxygens (including phenoxy) is 2. The first-order valence-corrected chi connectivity index (χ1v) is 14.2. The van der Waals surface area contributed by atoms with Crippen molar-refractivity contribution in [2.45, 2.75) is 40.6 Å². The molecule has 6 rings (SSSR count). The Morgan fingerprint density at radius 3 is 1.97 bits per heavy atom. The SMILES string of the molecule is C=C(C)C(=O)OC1C2CC(=O)C3C2CC1C3C(=O)Oc1ccc([S+](c2ccccc2)c2ccccc2)cc1. The standard InChI is InChI=1S/C32H29O5S/c1-19(2)31(34)37-30-25-18-27(33)28-24(25)17-26(30)29(28)32(35)36-20-13-15-23(16-14-20)38(21-9-5-3-6-10-21)22-11-7-4-8-12-22/h3-16,24-26,28-30H,1,17-18H2,2H3/q+1. The van der Waals surface area contributed by atoms with Crippen molar-refractivity contribution in [2.24, 2.45) is 29.6 Å². The van der Waals surface area contributed by atoms with Crippen molar-refractivity contribution in [3.63, 3.8) is 0 Å². The molecule has 0 radical (unpaired) electrons. The van der Waals surface area contributed by atoms with E-state index in [9.17, 15) is 14.4 Å². The maximum Gasteiger partial charge on any atom is 0.333 e. The summed E-state index contributed by atoms with van der Waals surface area (Å²) < 4.78 is 11.6. The average Bonchev–Trinajstić information content (AvgIpc) is 3.55. The van der Waals surface area contributed by atoms with Crippen molar-refractivity contribution in [1.29, 1.82) is 0 Å². The van der Waals surface area contributed by atoms with E-state index in [0.717, 1.165) is 4.90 Å². The lowest BCUT2D eigenvalue weighted by atomic mass is 9.78. The molecule has 3 aromatic rings. The molecule has 3 aliphatic rings. The van der Waals surface area contributed by atoms with Crippen LogP contribution in [0.3, 0.4) is 0 Å². The Hall–Kier alpha value is -3.64. The van der Waals surface area contributed by atoms with Gasteiger partial charge in [-0.05, 0) is 67.8 Å². The van der Waals surface area contributed by atoms with Gasteiger partial charge in [-0.1, -0.05) is 43.0 Å². The van der Waals surface area contributed by atoms with Gasteiger partial charge in [-0.25, -0.2) is 4.79 Å². The van der Waals surface area contributed by atoms with E-state index in [2.05, 4.69) is 30.8 Å². The molecule has 3 fully saturated rings. The van der Waals surface area contributed by atoms with E-state index in [1.165, 1.54) is 9.79 Å². The first-order chi connectivity index (χ1) is 18.4. The van der Waals surface area contributed by atoms with Crippen LogP contribution in [0.4, 0.5) is 0 Å². The molecule has 3 aromatic carbocycles. The monoisotopic (exact) mass is 525 g/mol. The summed E-state index contributed by atoms with van der Waals surface area (Å²) in [5.41, 5.74) is 0.317. The molecule has 192 valence electrons. The molecule has 0 heterocycles. The fraction of sp³-hybridized carbons (Fsp3) is 0.281. The fourth-order valence-corrected chi connectivity index (χ4v) is 8.71. The van der Waals surface area contributed by atoms with Crippen molar-refractivity contribution in [1.82, 2.24) is 0 Å². The Kier molecular flexibility index (Phi) is 6.44. The second-order valence-electron chi connectivity index (χ2n) is 10.4. The molecule has 3 aliphatic carbocycles. The molecule has 5 nitrogen and oxygen atoms in total. The zero-order valence-corrected chi connectivity index (χ0v) is 21.9. The van der Waals surface area contributed by atoms with Crippen LogP contribution in [0.2, 0.25) is 0 Å². The number of hydrogen-bond acceptors (Lipinski definition) is 5. The van der Waals surface area contributed by atoms with Crippen LogP contribution in [0.15, 0.2) is 112 Å². The maximum absolute atomic E-state index is 13.4. The minimum atomic E-state index is -0.586. The Morgan fingerprint density at radius 2 is 1.39 bits per heavy atom. The van der Waals surface area contributed by atoms with Crippen molar-refractivity contribution >= 4 is 28.6 Å². The van der Waals surface area contributed by atoms with Gasteiger partial charge in [0.1, 0.15) is 17.6 Å². The van der Waals surface area contributed by atoms with Crippen molar-refractivity contribution in [2.75, 3.05) is 0 Å². The van der Waals surface area contributed by atoms with Gasteiger partial charge in [0.2, 0.25) is 0 Å². The summed E-state index contributed by atoms with van der Waals surface area (Å²) >= 11 is 0. The quantitative estimate of drug-likeness (QED) is 0.173. The summed E-state index contributed by atoms with van der Waals surface area (Å²) in [6.07, 6.45) is 0.635. The Balaban J connectivity index is 1.22. The number of carbonyl (C=O) groups excluding carboxylic acids is 3. The lowest BCUT2D eigenvalue weighted by Crippen LogP contribution is -2.42. The predicted molar refractivity (Wildman–Crippen MR) is 144 cm³/mol. The molecule has 0 spiro atoms. The highest BCUT2D eigenvalue weighted by Crippen LogP contribution is 2.62. The second kappa shape index (κ2) is 9.91. The van der Waals surface area contributed by atoms with Gasteiger partial charge in [-0.2, -0.15) is 0 Å². The van der Waals surface area contributed by atoms with Crippen molar-refractivity contribution in [3.8, 4) is 5.75 Å². The van der Waals surface area contributed by atoms with Gasteiger partial charge in [-0.15, -0.1) is 0 Å². The largest absolute Gasteiger partial charge is 0.458 e. The van der Waals surface area contributed by atoms with E-state index in [0.29, 0.717) is 24.2 Å². The summed E-state index contributed by atoms with van der Waals surface area (Å²) in [4.78, 5) is 42.1. The molecule has 2 bridgehead atoms. The van der Waals surface area contributed by atoms with Gasteiger partial charge in [-0.3, -0.25) is 9.59 Å². The van der Waals surface area contributed by atoms with Crippen LogP contribution in [0.1, 0.15) is 19.8 Å². The van der Waals surface area contributed by atoms with Crippen LogP contribution in [0.5, 0.6) is 5.75 Å². The van der Waals surface area contributed by atoms with Crippen LogP contribution in [-0.2, 0) is 30.0 Å². The third-order valence-electron chi connectivity index (χ3n) is 8.16. The van der Waals surface area contributed by atoms with Gasteiger partial charge >= 0.3 is 11.9 Å². The number of carbonyl (C=O) groups is 3. The molecule has 0 amide bonds. The molecule has 0 aliphatic heterocycles. The molecular weight excluding hydrogens is 496 g/mol. The van der Waals surface area contributed by atoms with E-state index >= 15 is 0 Å². The van der Waals surface area contributed by atoms with Crippen LogP contribution in [0, 0.1) is 29.6 Å². The Morgan fingerprint density at radius 1 is 0.816 bits per heavy atom. The lowest BCUT2D eigenvalue weighted by molar-refractivity contribution is -0.157. The number of Topliss-reactive ketones (excluding diaryl/α,β-unsaturated/α-hetero) is 1. The molecule has 0 saturated heterocycles. The van der Waals surface area contributed by atoms with Gasteiger partial charge in [0.15, 0.2) is 14.7 Å². The van der Waals surface area contributed by atoms with Crippen LogP contribution in [-0.4, -0.2) is 23.8 Å². The molecule has 6 unspecified atom stereocenters. The summed E-state index contributed by atoms with van der Waals surface area (Å²) in [7, 11) is -0.301. The Bertz CT molecular complexity index is 1340. The summed E-state index contributed by atoms with van der Waals surface area (Å²) in [5.74, 6) is -1.38. The van der Waals surface area contributed by atoms with Crippen molar-refractivity contribution < 1.29 is 23.9 Å². The molecule has 0 N–H and O–H groups in total. The number of ketones is 1. The van der Waals surface area contributed by atoms with Gasteiger partial charge in [0, 0.05) is 29.7 Å². The third kappa shape index (κ3) is 4.27. The van der Waals surface area contributed by atoms with Gasteiger partial charge in [0.25, 0.3) is 0 Å².